The summed E-state index contributed by atoms with van der Waals surface area (Å²) in [5.41, 5.74) is -0.913. The van der Waals surface area contributed by atoms with E-state index >= 15 is 0 Å². The number of benzene rings is 1. The highest BCUT2D eigenvalue weighted by molar-refractivity contribution is 6.30. The lowest BCUT2D eigenvalue weighted by Gasteiger charge is -2.11. The van der Waals surface area contributed by atoms with Crippen molar-refractivity contribution in [3.05, 3.63) is 50.1 Å². The molecule has 2 aromatic rings. The van der Waals surface area contributed by atoms with Gasteiger partial charge in [0.05, 0.1) is 13.2 Å². The minimum atomic E-state index is -0.685. The molecule has 1 heterocycles. The van der Waals surface area contributed by atoms with Crippen LogP contribution >= 0.6 is 11.6 Å². The fourth-order valence-corrected chi connectivity index (χ4v) is 2.04. The van der Waals surface area contributed by atoms with E-state index in [1.54, 1.807) is 18.2 Å². The van der Waals surface area contributed by atoms with E-state index in [1.807, 2.05) is 0 Å². The minimum absolute atomic E-state index is 0.00297. The predicted octanol–water partition coefficient (Wildman–Crippen LogP) is 1.21. The molecule has 0 unspecified atom stereocenters. The lowest BCUT2D eigenvalue weighted by Crippen LogP contribution is -2.32. The highest BCUT2D eigenvalue weighted by Gasteiger charge is 2.15. The molecule has 2 rings (SSSR count). The number of hydrogen-bond donors (Lipinski definition) is 2. The second kappa shape index (κ2) is 5.94. The number of aromatic nitrogens is 2. The van der Waals surface area contributed by atoms with Gasteiger partial charge in [-0.25, -0.2) is 4.79 Å². The number of rotatable bonds is 4. The number of H-pyrrole nitrogens is 1. The summed E-state index contributed by atoms with van der Waals surface area (Å²) < 4.78 is 5.91. The standard InChI is InChI=1S/C13H13ClN2O4/c1-20-6-5-16-12(18)10(11(17)15-13(16)19)8-3-2-4-9(14)7-8/h2-4,7,18H,5-6H2,1H3,(H,15,17,19). The molecule has 0 aliphatic heterocycles. The van der Waals surface area contributed by atoms with E-state index in [9.17, 15) is 14.7 Å². The first-order valence-corrected chi connectivity index (χ1v) is 6.23. The van der Waals surface area contributed by atoms with Crippen molar-refractivity contribution in [3.8, 4) is 17.0 Å². The number of nitrogens with one attached hydrogen (secondary N) is 1. The minimum Gasteiger partial charge on any atom is -0.494 e. The monoisotopic (exact) mass is 296 g/mol. The zero-order valence-corrected chi connectivity index (χ0v) is 11.5. The van der Waals surface area contributed by atoms with Crippen LogP contribution in [0, 0.1) is 0 Å². The molecule has 0 spiro atoms. The quantitative estimate of drug-likeness (QED) is 0.888. The van der Waals surface area contributed by atoms with Gasteiger partial charge in [0.1, 0.15) is 5.56 Å². The molecular weight excluding hydrogens is 284 g/mol. The summed E-state index contributed by atoms with van der Waals surface area (Å²) in [7, 11) is 1.48. The van der Waals surface area contributed by atoms with Crippen LogP contribution in [-0.2, 0) is 11.3 Å². The maximum atomic E-state index is 11.9. The van der Waals surface area contributed by atoms with Gasteiger partial charge in [-0.05, 0) is 17.7 Å². The summed E-state index contributed by atoms with van der Waals surface area (Å²) >= 11 is 5.87. The number of aromatic amines is 1. The Balaban J connectivity index is 2.64. The van der Waals surface area contributed by atoms with E-state index in [0.29, 0.717) is 10.6 Å². The average molecular weight is 297 g/mol. The first kappa shape index (κ1) is 14.4. The third kappa shape index (κ3) is 2.76. The van der Waals surface area contributed by atoms with E-state index in [0.717, 1.165) is 4.57 Å². The summed E-state index contributed by atoms with van der Waals surface area (Å²) in [4.78, 5) is 25.7. The normalized spacial score (nSPS) is 10.7. The Morgan fingerprint density at radius 3 is 2.80 bits per heavy atom. The van der Waals surface area contributed by atoms with Gasteiger partial charge in [0.15, 0.2) is 0 Å². The maximum absolute atomic E-state index is 11.9. The van der Waals surface area contributed by atoms with Gasteiger partial charge in [-0.15, -0.1) is 0 Å². The number of hydrogen-bond acceptors (Lipinski definition) is 4. The van der Waals surface area contributed by atoms with Gasteiger partial charge in [0.25, 0.3) is 5.56 Å². The molecule has 20 heavy (non-hydrogen) atoms. The Labute approximate surface area is 119 Å². The number of aromatic hydroxyl groups is 1. The Kier molecular flexibility index (Phi) is 4.26. The summed E-state index contributed by atoms with van der Waals surface area (Å²) in [5.74, 6) is -0.405. The van der Waals surface area contributed by atoms with Crippen molar-refractivity contribution in [3.63, 3.8) is 0 Å². The fourth-order valence-electron chi connectivity index (χ4n) is 1.85. The molecule has 0 aliphatic rings. The van der Waals surface area contributed by atoms with Crippen molar-refractivity contribution in [1.29, 1.82) is 0 Å². The van der Waals surface area contributed by atoms with E-state index in [1.165, 1.54) is 13.2 Å². The average Bonchev–Trinajstić information content (AvgIpc) is 2.38. The number of halogens is 1. The molecule has 106 valence electrons. The van der Waals surface area contributed by atoms with Gasteiger partial charge in [-0.3, -0.25) is 14.3 Å². The molecule has 6 nitrogen and oxygen atoms in total. The van der Waals surface area contributed by atoms with E-state index in [-0.39, 0.29) is 18.7 Å². The molecule has 0 amide bonds. The zero-order chi connectivity index (χ0) is 14.7. The van der Waals surface area contributed by atoms with Crippen molar-refractivity contribution in [1.82, 2.24) is 9.55 Å². The maximum Gasteiger partial charge on any atom is 0.331 e. The summed E-state index contributed by atoms with van der Waals surface area (Å²) in [6, 6.07) is 6.47. The molecule has 1 aromatic heterocycles. The molecule has 0 radical (unpaired) electrons. The third-order valence-electron chi connectivity index (χ3n) is 2.80. The molecule has 0 aliphatic carbocycles. The molecule has 0 bridgehead atoms. The number of nitrogens with zero attached hydrogens (tertiary/aromatic N) is 1. The first-order valence-electron chi connectivity index (χ1n) is 5.85. The van der Waals surface area contributed by atoms with Crippen LogP contribution < -0.4 is 11.2 Å². The summed E-state index contributed by atoms with van der Waals surface area (Å²) in [6.45, 7) is 0.361. The van der Waals surface area contributed by atoms with Crippen LogP contribution in [0.15, 0.2) is 33.9 Å². The van der Waals surface area contributed by atoms with Crippen LogP contribution in [0.3, 0.4) is 0 Å². The largest absolute Gasteiger partial charge is 0.494 e. The Morgan fingerprint density at radius 1 is 1.40 bits per heavy atom. The molecule has 0 saturated carbocycles. The second-order valence-corrected chi connectivity index (χ2v) is 4.55. The van der Waals surface area contributed by atoms with Crippen molar-refractivity contribution in [2.75, 3.05) is 13.7 Å². The van der Waals surface area contributed by atoms with Gasteiger partial charge in [-0.1, -0.05) is 23.7 Å². The molecule has 2 N–H and O–H groups in total. The molecular formula is C13H13ClN2O4. The topological polar surface area (TPSA) is 84.3 Å². The van der Waals surface area contributed by atoms with Crippen LogP contribution in [0.1, 0.15) is 0 Å². The van der Waals surface area contributed by atoms with E-state index in [2.05, 4.69) is 4.98 Å². The van der Waals surface area contributed by atoms with Crippen molar-refractivity contribution in [2.45, 2.75) is 6.54 Å². The molecule has 1 aromatic carbocycles. The highest BCUT2D eigenvalue weighted by Crippen LogP contribution is 2.26. The summed E-state index contributed by atoms with van der Waals surface area (Å²) in [6.07, 6.45) is 0. The lowest BCUT2D eigenvalue weighted by atomic mass is 10.1. The Morgan fingerprint density at radius 2 is 2.15 bits per heavy atom. The molecule has 7 heteroatoms. The van der Waals surface area contributed by atoms with Gasteiger partial charge in [0, 0.05) is 12.1 Å². The van der Waals surface area contributed by atoms with Crippen LogP contribution in [0.4, 0.5) is 0 Å². The zero-order valence-electron chi connectivity index (χ0n) is 10.7. The molecule has 0 atom stereocenters. The van der Waals surface area contributed by atoms with Gasteiger partial charge in [0.2, 0.25) is 5.88 Å². The smallest absolute Gasteiger partial charge is 0.331 e. The first-order chi connectivity index (χ1) is 9.54. The summed E-state index contributed by atoms with van der Waals surface area (Å²) in [5, 5.41) is 10.6. The van der Waals surface area contributed by atoms with E-state index in [4.69, 9.17) is 16.3 Å². The number of methoxy groups -OCH3 is 1. The predicted molar refractivity (Wildman–Crippen MR) is 75.3 cm³/mol. The van der Waals surface area contributed by atoms with Crippen LogP contribution in [0.2, 0.25) is 5.02 Å². The Bertz CT molecular complexity index is 736. The van der Waals surface area contributed by atoms with Crippen LogP contribution in [-0.4, -0.2) is 28.4 Å². The van der Waals surface area contributed by atoms with Crippen molar-refractivity contribution in [2.24, 2.45) is 0 Å². The van der Waals surface area contributed by atoms with Crippen molar-refractivity contribution >= 4 is 11.6 Å². The SMILES string of the molecule is COCCn1c(O)c(-c2cccc(Cl)c2)c(=O)[nH]c1=O. The van der Waals surface area contributed by atoms with E-state index < -0.39 is 17.1 Å². The van der Waals surface area contributed by atoms with Crippen LogP contribution in [0.5, 0.6) is 5.88 Å². The van der Waals surface area contributed by atoms with Gasteiger partial charge >= 0.3 is 5.69 Å². The fraction of sp³-hybridized carbons (Fsp3) is 0.231. The highest BCUT2D eigenvalue weighted by atomic mass is 35.5. The van der Waals surface area contributed by atoms with Crippen molar-refractivity contribution < 1.29 is 9.84 Å². The van der Waals surface area contributed by atoms with Crippen LogP contribution in [0.25, 0.3) is 11.1 Å². The van der Waals surface area contributed by atoms with Gasteiger partial charge in [-0.2, -0.15) is 0 Å². The second-order valence-electron chi connectivity index (χ2n) is 4.11. The third-order valence-corrected chi connectivity index (χ3v) is 3.04. The number of ether oxygens (including phenoxy) is 1. The Hall–Kier alpha value is -2.05. The lowest BCUT2D eigenvalue weighted by molar-refractivity contribution is 0.182. The molecule has 0 fully saturated rings. The molecule has 0 saturated heterocycles. The van der Waals surface area contributed by atoms with Gasteiger partial charge < -0.3 is 9.84 Å².